The van der Waals surface area contributed by atoms with Gasteiger partial charge in [-0.2, -0.15) is 0 Å². The molecule has 23 heavy (non-hydrogen) atoms. The molecule has 0 aliphatic rings. The molecule has 3 aromatic rings. The third-order valence-corrected chi connectivity index (χ3v) is 3.39. The van der Waals surface area contributed by atoms with Gasteiger partial charge in [-0.1, -0.05) is 15.9 Å². The molecule has 0 saturated carbocycles. The number of rotatable bonds is 3. The van der Waals surface area contributed by atoms with Crippen molar-refractivity contribution in [2.24, 2.45) is 0 Å². The number of nitrogens with zero attached hydrogens (tertiary/aromatic N) is 3. The third-order valence-electron chi connectivity index (χ3n) is 2.93. The molecule has 0 radical (unpaired) electrons. The molecule has 0 bridgehead atoms. The van der Waals surface area contributed by atoms with Crippen molar-refractivity contribution < 1.29 is 19.0 Å². The first-order valence-corrected chi connectivity index (χ1v) is 7.20. The van der Waals surface area contributed by atoms with Gasteiger partial charge in [0.2, 0.25) is 5.88 Å². The summed E-state index contributed by atoms with van der Waals surface area (Å²) in [6, 6.07) is 9.20. The fourth-order valence-electron chi connectivity index (χ4n) is 2.08. The Morgan fingerprint density at radius 2 is 2.13 bits per heavy atom. The lowest BCUT2D eigenvalue weighted by Crippen LogP contribution is -2.04. The molecule has 1 N–H and O–H groups in total. The lowest BCUT2D eigenvalue weighted by Gasteiger charge is -2.07. The summed E-state index contributed by atoms with van der Waals surface area (Å²) in [7, 11) is 0. The van der Waals surface area contributed by atoms with Crippen molar-refractivity contribution in [1.82, 2.24) is 14.8 Å². The molecule has 8 heteroatoms. The van der Waals surface area contributed by atoms with Gasteiger partial charge in [-0.25, -0.2) is 13.9 Å². The fraction of sp³-hybridized carbons (Fsp3) is 0. The van der Waals surface area contributed by atoms with E-state index in [1.54, 1.807) is 30.6 Å². The van der Waals surface area contributed by atoms with Gasteiger partial charge >= 0.3 is 6.16 Å². The average Bonchev–Trinajstić information content (AvgIpc) is 2.90. The van der Waals surface area contributed by atoms with E-state index in [4.69, 9.17) is 5.11 Å². The van der Waals surface area contributed by atoms with Crippen LogP contribution in [0, 0.1) is 5.82 Å². The zero-order valence-corrected chi connectivity index (χ0v) is 13.1. The van der Waals surface area contributed by atoms with Crippen LogP contribution in [0.25, 0.3) is 16.9 Å². The Hall–Kier alpha value is -2.74. The Bertz CT molecular complexity index is 847. The molecule has 116 valence electrons. The highest BCUT2D eigenvalue weighted by molar-refractivity contribution is 9.10. The van der Waals surface area contributed by atoms with Crippen LogP contribution >= 0.6 is 15.9 Å². The number of halogens is 2. The lowest BCUT2D eigenvalue weighted by atomic mass is 10.1. The lowest BCUT2D eigenvalue weighted by molar-refractivity contribution is 0.142. The molecule has 0 spiro atoms. The summed E-state index contributed by atoms with van der Waals surface area (Å²) in [5.74, 6) is -0.550. The van der Waals surface area contributed by atoms with Crippen LogP contribution in [0.15, 0.2) is 53.3 Å². The van der Waals surface area contributed by atoms with Crippen LogP contribution in [0.2, 0.25) is 0 Å². The molecule has 0 aliphatic heterocycles. The van der Waals surface area contributed by atoms with Crippen molar-refractivity contribution in [3.05, 3.63) is 59.1 Å². The minimum absolute atomic E-state index is 0.114. The van der Waals surface area contributed by atoms with E-state index in [-0.39, 0.29) is 5.88 Å². The molecule has 0 amide bonds. The minimum Gasteiger partial charge on any atom is -0.449 e. The molecule has 6 nitrogen and oxygen atoms in total. The number of pyridine rings is 1. The molecule has 0 aliphatic carbocycles. The van der Waals surface area contributed by atoms with Crippen LogP contribution in [-0.4, -0.2) is 26.0 Å². The number of carbonyl (C=O) groups is 1. The van der Waals surface area contributed by atoms with Gasteiger partial charge in [0.05, 0.1) is 17.6 Å². The van der Waals surface area contributed by atoms with E-state index in [1.807, 2.05) is 0 Å². The van der Waals surface area contributed by atoms with Gasteiger partial charge < -0.3 is 9.84 Å². The first kappa shape index (κ1) is 15.2. The molecule has 0 atom stereocenters. The number of hydrogen-bond donors (Lipinski definition) is 1. The summed E-state index contributed by atoms with van der Waals surface area (Å²) >= 11 is 3.23. The van der Waals surface area contributed by atoms with Gasteiger partial charge in [0.25, 0.3) is 0 Å². The molecular formula is C15H9BrFN3O3. The molecule has 0 unspecified atom stereocenters. The maximum atomic E-state index is 13.7. The normalized spacial score (nSPS) is 10.5. The number of hydrogen-bond acceptors (Lipinski definition) is 4. The molecule has 0 fully saturated rings. The predicted molar refractivity (Wildman–Crippen MR) is 83.1 cm³/mol. The molecule has 2 aromatic heterocycles. The minimum atomic E-state index is -1.48. The van der Waals surface area contributed by atoms with Crippen LogP contribution in [-0.2, 0) is 0 Å². The molecule has 0 saturated heterocycles. The topological polar surface area (TPSA) is 77.2 Å². The van der Waals surface area contributed by atoms with Crippen LogP contribution < -0.4 is 4.74 Å². The maximum absolute atomic E-state index is 13.7. The highest BCUT2D eigenvalue weighted by Crippen LogP contribution is 2.29. The van der Waals surface area contributed by atoms with Crippen molar-refractivity contribution in [3.8, 4) is 22.8 Å². The zero-order valence-electron chi connectivity index (χ0n) is 11.5. The quantitative estimate of drug-likeness (QED) is 0.700. The van der Waals surface area contributed by atoms with Crippen LogP contribution in [0.4, 0.5) is 9.18 Å². The van der Waals surface area contributed by atoms with Crippen molar-refractivity contribution >= 4 is 22.1 Å². The molecule has 3 rings (SSSR count). The van der Waals surface area contributed by atoms with Gasteiger partial charge in [0, 0.05) is 22.3 Å². The average molecular weight is 378 g/mol. The third kappa shape index (κ3) is 3.37. The van der Waals surface area contributed by atoms with Gasteiger partial charge in [0.1, 0.15) is 5.82 Å². The number of benzene rings is 1. The predicted octanol–water partition coefficient (Wildman–Crippen LogP) is 3.89. The second-order valence-corrected chi connectivity index (χ2v) is 5.43. The summed E-state index contributed by atoms with van der Waals surface area (Å²) < 4.78 is 20.3. The highest BCUT2D eigenvalue weighted by atomic mass is 79.9. The number of carboxylic acid groups (broad SMARTS) is 1. The van der Waals surface area contributed by atoms with Crippen molar-refractivity contribution in [2.75, 3.05) is 0 Å². The summed E-state index contributed by atoms with van der Waals surface area (Å²) in [6.07, 6.45) is 1.67. The molecular weight excluding hydrogens is 369 g/mol. The Balaban J connectivity index is 2.17. The maximum Gasteiger partial charge on any atom is 0.512 e. The van der Waals surface area contributed by atoms with E-state index in [0.29, 0.717) is 21.4 Å². The molecule has 2 heterocycles. The van der Waals surface area contributed by atoms with Gasteiger partial charge in [0.15, 0.2) is 0 Å². The summed E-state index contributed by atoms with van der Waals surface area (Å²) in [5.41, 5.74) is 1.56. The van der Waals surface area contributed by atoms with Gasteiger partial charge in [-0.05, 0) is 30.3 Å². The van der Waals surface area contributed by atoms with Gasteiger partial charge in [-0.15, -0.1) is 5.10 Å². The number of aromatic nitrogens is 3. The first-order chi connectivity index (χ1) is 11.0. The highest BCUT2D eigenvalue weighted by Gasteiger charge is 2.16. The second-order valence-electron chi connectivity index (χ2n) is 4.52. The largest absolute Gasteiger partial charge is 0.512 e. The Labute approximate surface area is 138 Å². The Morgan fingerprint density at radius 3 is 2.78 bits per heavy atom. The zero-order chi connectivity index (χ0) is 16.4. The van der Waals surface area contributed by atoms with Crippen LogP contribution in [0.5, 0.6) is 5.88 Å². The van der Waals surface area contributed by atoms with E-state index in [2.05, 4.69) is 30.7 Å². The standard InChI is InChI=1S/C15H9BrFN3O3/c16-10-4-9(5-11(17)6-10)13-7-14(23-15(21)22)19-20(13)12-2-1-3-18-8-12/h1-8H,(H,21,22). The second kappa shape index (κ2) is 6.17. The fourth-order valence-corrected chi connectivity index (χ4v) is 2.55. The van der Waals surface area contributed by atoms with E-state index < -0.39 is 12.0 Å². The van der Waals surface area contributed by atoms with Crippen molar-refractivity contribution in [1.29, 1.82) is 0 Å². The van der Waals surface area contributed by atoms with E-state index >= 15 is 0 Å². The SMILES string of the molecule is O=C(O)Oc1cc(-c2cc(F)cc(Br)c2)n(-c2cccnc2)n1. The van der Waals surface area contributed by atoms with E-state index in [1.165, 1.54) is 22.9 Å². The van der Waals surface area contributed by atoms with Crippen molar-refractivity contribution in [3.63, 3.8) is 0 Å². The Kier molecular flexibility index (Phi) is 4.07. The monoisotopic (exact) mass is 377 g/mol. The smallest absolute Gasteiger partial charge is 0.449 e. The Morgan fingerprint density at radius 1 is 1.30 bits per heavy atom. The summed E-state index contributed by atoms with van der Waals surface area (Å²) in [5, 5.41) is 12.8. The molecule has 1 aromatic carbocycles. The summed E-state index contributed by atoms with van der Waals surface area (Å²) in [6.45, 7) is 0. The van der Waals surface area contributed by atoms with E-state index in [0.717, 1.165) is 0 Å². The van der Waals surface area contributed by atoms with Crippen LogP contribution in [0.1, 0.15) is 0 Å². The number of ether oxygens (including phenoxy) is 1. The van der Waals surface area contributed by atoms with Crippen molar-refractivity contribution in [2.45, 2.75) is 0 Å². The van der Waals surface area contributed by atoms with Gasteiger partial charge in [-0.3, -0.25) is 4.98 Å². The first-order valence-electron chi connectivity index (χ1n) is 6.40. The van der Waals surface area contributed by atoms with Crippen LogP contribution in [0.3, 0.4) is 0 Å². The van der Waals surface area contributed by atoms with E-state index in [9.17, 15) is 9.18 Å². The summed E-state index contributed by atoms with van der Waals surface area (Å²) in [4.78, 5) is 14.7.